The van der Waals surface area contributed by atoms with Crippen LogP contribution in [0, 0.1) is 5.92 Å². The molecular formula is C9H9Cl2NOS. The van der Waals surface area contributed by atoms with Crippen molar-refractivity contribution in [1.82, 2.24) is 5.32 Å². The molecule has 1 N–H and O–H groups in total. The Kier molecular flexibility index (Phi) is 3.00. The predicted octanol–water partition coefficient (Wildman–Crippen LogP) is 3.08. The fraction of sp³-hybridized carbons (Fsp3) is 0.444. The van der Waals surface area contributed by atoms with Gasteiger partial charge in [-0.1, -0.05) is 23.2 Å². The number of hydrogen-bond donors (Lipinski definition) is 1. The molecule has 1 aliphatic carbocycles. The van der Waals surface area contributed by atoms with E-state index in [1.165, 1.54) is 11.3 Å². The average molecular weight is 250 g/mol. The zero-order chi connectivity index (χ0) is 10.1. The van der Waals surface area contributed by atoms with E-state index in [9.17, 15) is 4.79 Å². The Morgan fingerprint density at radius 1 is 1.57 bits per heavy atom. The Balaban J connectivity index is 1.90. The molecule has 0 aromatic carbocycles. The van der Waals surface area contributed by atoms with E-state index in [0.717, 1.165) is 18.4 Å². The quantitative estimate of drug-likeness (QED) is 0.877. The van der Waals surface area contributed by atoms with Crippen LogP contribution in [0.3, 0.4) is 0 Å². The molecule has 1 aliphatic rings. The summed E-state index contributed by atoms with van der Waals surface area (Å²) in [5.74, 6) is 0.367. The van der Waals surface area contributed by atoms with Gasteiger partial charge >= 0.3 is 0 Å². The summed E-state index contributed by atoms with van der Waals surface area (Å²) in [5, 5.41) is 2.84. The Morgan fingerprint density at radius 2 is 2.29 bits per heavy atom. The van der Waals surface area contributed by atoms with Gasteiger partial charge in [0.05, 0.1) is 8.67 Å². The molecule has 0 radical (unpaired) electrons. The minimum atomic E-state index is 0.128. The van der Waals surface area contributed by atoms with Crippen LogP contribution >= 0.6 is 34.5 Å². The van der Waals surface area contributed by atoms with Gasteiger partial charge in [0.2, 0.25) is 5.91 Å². The second-order valence-electron chi connectivity index (χ2n) is 3.34. The maximum Gasteiger partial charge on any atom is 0.223 e. The lowest BCUT2D eigenvalue weighted by molar-refractivity contribution is -0.122. The molecule has 1 aromatic rings. The van der Waals surface area contributed by atoms with Crippen LogP contribution in [0.25, 0.3) is 0 Å². The summed E-state index contributed by atoms with van der Waals surface area (Å²) < 4.78 is 1.32. The van der Waals surface area contributed by atoms with E-state index < -0.39 is 0 Å². The van der Waals surface area contributed by atoms with Crippen LogP contribution in [0.1, 0.15) is 18.4 Å². The first kappa shape index (κ1) is 10.3. The molecule has 0 aliphatic heterocycles. The number of amides is 1. The molecule has 1 heterocycles. The number of carbonyl (C=O) groups is 1. The Bertz CT molecular complexity index is 360. The molecule has 1 amide bonds. The maximum atomic E-state index is 11.3. The third-order valence-electron chi connectivity index (χ3n) is 2.13. The molecule has 1 saturated carbocycles. The zero-order valence-corrected chi connectivity index (χ0v) is 9.68. The van der Waals surface area contributed by atoms with E-state index in [4.69, 9.17) is 23.2 Å². The summed E-state index contributed by atoms with van der Waals surface area (Å²) in [4.78, 5) is 11.3. The third-order valence-corrected chi connectivity index (χ3v) is 3.70. The van der Waals surface area contributed by atoms with Crippen molar-refractivity contribution in [2.75, 3.05) is 0 Å². The molecule has 0 saturated heterocycles. The average Bonchev–Trinajstić information content (AvgIpc) is 2.90. The van der Waals surface area contributed by atoms with Crippen molar-refractivity contribution in [1.29, 1.82) is 0 Å². The number of carbonyl (C=O) groups excluding carboxylic acids is 1. The van der Waals surface area contributed by atoms with Gasteiger partial charge in [0, 0.05) is 18.0 Å². The number of nitrogens with one attached hydrogen (secondary N) is 1. The second kappa shape index (κ2) is 4.09. The van der Waals surface area contributed by atoms with Crippen LogP contribution in [0.2, 0.25) is 8.67 Å². The van der Waals surface area contributed by atoms with Crippen LogP contribution in [0.4, 0.5) is 0 Å². The topological polar surface area (TPSA) is 29.1 Å². The highest BCUT2D eigenvalue weighted by Crippen LogP contribution is 2.32. The van der Waals surface area contributed by atoms with E-state index in [1.807, 2.05) is 0 Å². The van der Waals surface area contributed by atoms with Crippen LogP contribution in [-0.4, -0.2) is 5.91 Å². The van der Waals surface area contributed by atoms with E-state index in [0.29, 0.717) is 15.2 Å². The van der Waals surface area contributed by atoms with Gasteiger partial charge < -0.3 is 5.32 Å². The summed E-state index contributed by atoms with van der Waals surface area (Å²) in [6, 6.07) is 1.79. The van der Waals surface area contributed by atoms with E-state index in [-0.39, 0.29) is 11.8 Å². The maximum absolute atomic E-state index is 11.3. The minimum Gasteiger partial charge on any atom is -0.352 e. The van der Waals surface area contributed by atoms with Crippen molar-refractivity contribution in [3.8, 4) is 0 Å². The van der Waals surface area contributed by atoms with Gasteiger partial charge in [0.25, 0.3) is 0 Å². The van der Waals surface area contributed by atoms with Gasteiger partial charge in [0.15, 0.2) is 0 Å². The van der Waals surface area contributed by atoms with Crippen molar-refractivity contribution < 1.29 is 4.79 Å². The smallest absolute Gasteiger partial charge is 0.223 e. The van der Waals surface area contributed by atoms with Crippen molar-refractivity contribution in [2.45, 2.75) is 19.4 Å². The first-order valence-corrected chi connectivity index (χ1v) is 5.95. The molecule has 76 valence electrons. The zero-order valence-electron chi connectivity index (χ0n) is 7.35. The van der Waals surface area contributed by atoms with Crippen LogP contribution < -0.4 is 5.32 Å². The summed E-state index contributed by atoms with van der Waals surface area (Å²) in [7, 11) is 0. The third kappa shape index (κ3) is 2.41. The van der Waals surface area contributed by atoms with Crippen molar-refractivity contribution in [2.24, 2.45) is 5.92 Å². The Labute approximate surface area is 96.2 Å². The predicted molar refractivity (Wildman–Crippen MR) is 58.9 cm³/mol. The molecule has 2 nitrogen and oxygen atoms in total. The van der Waals surface area contributed by atoms with E-state index in [1.54, 1.807) is 6.07 Å². The fourth-order valence-corrected chi connectivity index (χ4v) is 2.65. The molecular weight excluding hydrogens is 241 g/mol. The van der Waals surface area contributed by atoms with Gasteiger partial charge in [0.1, 0.15) is 0 Å². The van der Waals surface area contributed by atoms with Gasteiger partial charge in [-0.25, -0.2) is 0 Å². The van der Waals surface area contributed by atoms with E-state index in [2.05, 4.69) is 5.32 Å². The first-order valence-electron chi connectivity index (χ1n) is 4.38. The molecule has 1 aromatic heterocycles. The normalized spacial score (nSPS) is 15.6. The van der Waals surface area contributed by atoms with Gasteiger partial charge in [-0.05, 0) is 18.9 Å². The van der Waals surface area contributed by atoms with Crippen molar-refractivity contribution in [3.05, 3.63) is 20.3 Å². The fourth-order valence-electron chi connectivity index (χ4n) is 1.17. The Hall–Kier alpha value is -0.250. The molecule has 1 fully saturated rings. The standard InChI is InChI=1S/C9H9Cl2NOS/c10-7-3-6(8(11)14-7)4-12-9(13)5-1-2-5/h3,5H,1-2,4H2,(H,12,13). The van der Waals surface area contributed by atoms with Gasteiger partial charge in [-0.3, -0.25) is 4.79 Å². The van der Waals surface area contributed by atoms with E-state index >= 15 is 0 Å². The minimum absolute atomic E-state index is 0.128. The van der Waals surface area contributed by atoms with Crippen molar-refractivity contribution >= 4 is 40.4 Å². The lowest BCUT2D eigenvalue weighted by atomic mass is 10.3. The number of thiophene rings is 1. The molecule has 0 spiro atoms. The van der Waals surface area contributed by atoms with Gasteiger partial charge in [-0.2, -0.15) is 0 Å². The van der Waals surface area contributed by atoms with Crippen LogP contribution in [0.5, 0.6) is 0 Å². The van der Waals surface area contributed by atoms with Gasteiger partial charge in [-0.15, -0.1) is 11.3 Å². The monoisotopic (exact) mass is 249 g/mol. The van der Waals surface area contributed by atoms with Crippen LogP contribution in [0.15, 0.2) is 6.07 Å². The van der Waals surface area contributed by atoms with Crippen LogP contribution in [-0.2, 0) is 11.3 Å². The SMILES string of the molecule is O=C(NCc1cc(Cl)sc1Cl)C1CC1. The summed E-state index contributed by atoms with van der Waals surface area (Å²) >= 11 is 13.0. The molecule has 2 rings (SSSR count). The summed E-state index contributed by atoms with van der Waals surface area (Å²) in [6.45, 7) is 0.484. The Morgan fingerprint density at radius 3 is 2.79 bits per heavy atom. The second-order valence-corrected chi connectivity index (χ2v) is 5.63. The molecule has 0 bridgehead atoms. The first-order chi connectivity index (χ1) is 6.66. The van der Waals surface area contributed by atoms with Crippen molar-refractivity contribution in [3.63, 3.8) is 0 Å². The molecule has 0 unspecified atom stereocenters. The highest BCUT2D eigenvalue weighted by atomic mass is 35.5. The summed E-state index contributed by atoms with van der Waals surface area (Å²) in [6.07, 6.45) is 2.04. The highest BCUT2D eigenvalue weighted by Gasteiger charge is 2.29. The number of hydrogen-bond acceptors (Lipinski definition) is 2. The lowest BCUT2D eigenvalue weighted by Crippen LogP contribution is -2.23. The lowest BCUT2D eigenvalue weighted by Gasteiger charge is -2.01. The molecule has 5 heteroatoms. The number of rotatable bonds is 3. The molecule has 0 atom stereocenters. The number of halogens is 2. The largest absolute Gasteiger partial charge is 0.352 e. The molecule has 14 heavy (non-hydrogen) atoms. The summed E-state index contributed by atoms with van der Waals surface area (Å²) in [5.41, 5.74) is 0.899. The highest BCUT2D eigenvalue weighted by molar-refractivity contribution is 7.20.